The van der Waals surface area contributed by atoms with Gasteiger partial charge in [0.05, 0.1) is 22.9 Å². The van der Waals surface area contributed by atoms with Crippen LogP contribution in [0.2, 0.25) is 0 Å². The van der Waals surface area contributed by atoms with Gasteiger partial charge < -0.3 is 19.3 Å². The Balaban J connectivity index is 1.33. The van der Waals surface area contributed by atoms with Gasteiger partial charge in [-0.15, -0.1) is 0 Å². The zero-order valence-corrected chi connectivity index (χ0v) is 21.2. The predicted octanol–water partition coefficient (Wildman–Crippen LogP) is 2.53. The first-order chi connectivity index (χ1) is 14.6. The van der Waals surface area contributed by atoms with Crippen LogP contribution in [0.1, 0.15) is 59.8 Å². The molecule has 2 spiro atoms. The van der Waals surface area contributed by atoms with Crippen molar-refractivity contribution in [2.24, 2.45) is 0 Å². The molecule has 0 bridgehead atoms. The summed E-state index contributed by atoms with van der Waals surface area (Å²) >= 11 is 0. The highest BCUT2D eigenvalue weighted by Gasteiger charge is 2.47. The van der Waals surface area contributed by atoms with Gasteiger partial charge in [-0.3, -0.25) is 9.80 Å². The maximum atomic E-state index is 6.72. The van der Waals surface area contributed by atoms with E-state index in [1.54, 1.807) is 0 Å². The fraction of sp³-hybridized carbons (Fsp3) is 1.00. The van der Waals surface area contributed by atoms with Gasteiger partial charge in [-0.25, -0.2) is 0 Å². The van der Waals surface area contributed by atoms with Crippen molar-refractivity contribution in [2.75, 3.05) is 73.0 Å². The molecular weight excluding hydrogens is 388 g/mol. The Morgan fingerprint density at radius 3 is 2.06 bits per heavy atom. The van der Waals surface area contributed by atoms with Crippen LogP contribution in [0.3, 0.4) is 0 Å². The standard InChI is InChI=1S/C25H48N4O2/c1-21(29-18-23(3,4)31-25(20-29)10-15-27(6)16-11-25)7-12-28-17-22(2)30-24(19-28)8-13-26(5)14-9-24/h21-22H,7-20H2,1-6H3. The quantitative estimate of drug-likeness (QED) is 0.673. The van der Waals surface area contributed by atoms with Gasteiger partial charge >= 0.3 is 0 Å². The second-order valence-electron chi connectivity index (χ2n) is 12.0. The Bertz CT molecular complexity index is 596. The van der Waals surface area contributed by atoms with Crippen LogP contribution in [0.4, 0.5) is 0 Å². The third-order valence-electron chi connectivity index (χ3n) is 8.33. The van der Waals surface area contributed by atoms with Crippen LogP contribution in [0.5, 0.6) is 0 Å². The highest BCUT2D eigenvalue weighted by molar-refractivity contribution is 4.99. The van der Waals surface area contributed by atoms with Gasteiger partial charge in [0.1, 0.15) is 0 Å². The summed E-state index contributed by atoms with van der Waals surface area (Å²) in [7, 11) is 4.47. The highest BCUT2D eigenvalue weighted by Crippen LogP contribution is 2.37. The SMILES string of the molecule is CC1CN(CCC(C)N2CC(C)(C)OC3(CCN(C)CC3)C2)CC2(CCN(C)CC2)O1. The van der Waals surface area contributed by atoms with Gasteiger partial charge in [0.2, 0.25) is 0 Å². The average molecular weight is 437 g/mol. The van der Waals surface area contributed by atoms with Gasteiger partial charge in [0.15, 0.2) is 0 Å². The molecule has 180 valence electrons. The highest BCUT2D eigenvalue weighted by atomic mass is 16.5. The lowest BCUT2D eigenvalue weighted by atomic mass is 9.86. The molecule has 0 N–H and O–H groups in total. The largest absolute Gasteiger partial charge is 0.369 e. The van der Waals surface area contributed by atoms with Crippen LogP contribution in [0, 0.1) is 0 Å². The number of piperidine rings is 2. The molecule has 0 radical (unpaired) electrons. The topological polar surface area (TPSA) is 31.4 Å². The van der Waals surface area contributed by atoms with E-state index >= 15 is 0 Å². The summed E-state index contributed by atoms with van der Waals surface area (Å²) in [4.78, 5) is 10.3. The molecule has 4 rings (SSSR count). The van der Waals surface area contributed by atoms with E-state index in [-0.39, 0.29) is 16.8 Å². The van der Waals surface area contributed by atoms with Crippen molar-refractivity contribution in [1.29, 1.82) is 0 Å². The minimum Gasteiger partial charge on any atom is -0.369 e. The smallest absolute Gasteiger partial charge is 0.0841 e. The second kappa shape index (κ2) is 9.19. The Labute approximate surface area is 191 Å². The fourth-order valence-corrected chi connectivity index (χ4v) is 6.52. The second-order valence-corrected chi connectivity index (χ2v) is 12.0. The van der Waals surface area contributed by atoms with Gasteiger partial charge in [-0.2, -0.15) is 0 Å². The normalized spacial score (nSPS) is 33.7. The summed E-state index contributed by atoms with van der Waals surface area (Å²) < 4.78 is 13.3. The average Bonchev–Trinajstić information content (AvgIpc) is 2.69. The molecule has 4 aliphatic rings. The first-order valence-corrected chi connectivity index (χ1v) is 12.8. The summed E-state index contributed by atoms with van der Waals surface area (Å²) in [6.07, 6.45) is 6.25. The summed E-state index contributed by atoms with van der Waals surface area (Å²) in [5.41, 5.74) is 0.0782. The van der Waals surface area contributed by atoms with Crippen LogP contribution >= 0.6 is 0 Å². The molecule has 2 atom stereocenters. The van der Waals surface area contributed by atoms with Gasteiger partial charge in [-0.1, -0.05) is 0 Å². The number of likely N-dealkylation sites (tertiary alicyclic amines) is 2. The predicted molar refractivity (Wildman–Crippen MR) is 127 cm³/mol. The number of ether oxygens (including phenoxy) is 2. The van der Waals surface area contributed by atoms with E-state index in [1.807, 2.05) is 0 Å². The van der Waals surface area contributed by atoms with Crippen molar-refractivity contribution >= 4 is 0 Å². The molecule has 0 amide bonds. The van der Waals surface area contributed by atoms with E-state index in [9.17, 15) is 0 Å². The van der Waals surface area contributed by atoms with Crippen molar-refractivity contribution in [2.45, 2.75) is 88.7 Å². The van der Waals surface area contributed by atoms with Crippen molar-refractivity contribution in [3.05, 3.63) is 0 Å². The van der Waals surface area contributed by atoms with Crippen molar-refractivity contribution in [3.63, 3.8) is 0 Å². The van der Waals surface area contributed by atoms with Crippen LogP contribution in [0.15, 0.2) is 0 Å². The molecule has 6 nitrogen and oxygen atoms in total. The Hall–Kier alpha value is -0.240. The Morgan fingerprint density at radius 2 is 1.45 bits per heavy atom. The van der Waals surface area contributed by atoms with Gasteiger partial charge in [-0.05, 0) is 80.4 Å². The number of hydrogen-bond acceptors (Lipinski definition) is 6. The maximum absolute atomic E-state index is 6.72. The van der Waals surface area contributed by atoms with E-state index in [4.69, 9.17) is 9.47 Å². The summed E-state index contributed by atoms with van der Waals surface area (Å²) in [5.74, 6) is 0. The molecule has 0 aromatic carbocycles. The van der Waals surface area contributed by atoms with E-state index in [2.05, 4.69) is 61.4 Å². The maximum Gasteiger partial charge on any atom is 0.0841 e. The van der Waals surface area contributed by atoms with Crippen LogP contribution in [-0.4, -0.2) is 122 Å². The summed E-state index contributed by atoms with van der Waals surface area (Å²) in [6, 6.07) is 0.589. The molecule has 0 saturated carbocycles. The lowest BCUT2D eigenvalue weighted by Gasteiger charge is -2.54. The zero-order chi connectivity index (χ0) is 22.3. The van der Waals surface area contributed by atoms with Gasteiger partial charge in [0.25, 0.3) is 0 Å². The molecule has 6 heteroatoms. The van der Waals surface area contributed by atoms with Crippen molar-refractivity contribution < 1.29 is 9.47 Å². The zero-order valence-electron chi connectivity index (χ0n) is 21.2. The fourth-order valence-electron chi connectivity index (χ4n) is 6.52. The molecule has 4 saturated heterocycles. The number of hydrogen-bond donors (Lipinski definition) is 0. The minimum atomic E-state index is -0.0614. The molecule has 0 aliphatic carbocycles. The van der Waals surface area contributed by atoms with Crippen LogP contribution in [0.25, 0.3) is 0 Å². The van der Waals surface area contributed by atoms with Crippen molar-refractivity contribution in [3.8, 4) is 0 Å². The lowest BCUT2D eigenvalue weighted by molar-refractivity contribution is -0.218. The Kier molecular flexibility index (Phi) is 7.08. The third kappa shape index (κ3) is 5.82. The summed E-state index contributed by atoms with van der Waals surface area (Å²) in [5, 5.41) is 0. The van der Waals surface area contributed by atoms with E-state index in [0.717, 1.165) is 65.2 Å². The number of morpholine rings is 2. The van der Waals surface area contributed by atoms with E-state index in [0.29, 0.717) is 12.1 Å². The molecule has 31 heavy (non-hydrogen) atoms. The molecule has 0 aromatic heterocycles. The molecular formula is C25H48N4O2. The van der Waals surface area contributed by atoms with Crippen LogP contribution in [-0.2, 0) is 9.47 Å². The number of nitrogens with zero attached hydrogens (tertiary/aromatic N) is 4. The van der Waals surface area contributed by atoms with Crippen LogP contribution < -0.4 is 0 Å². The minimum absolute atomic E-state index is 0.0498. The molecule has 4 fully saturated rings. The molecule has 4 heterocycles. The first kappa shape index (κ1) is 23.9. The number of rotatable bonds is 4. The van der Waals surface area contributed by atoms with Gasteiger partial charge in [0, 0.05) is 58.4 Å². The third-order valence-corrected chi connectivity index (χ3v) is 8.33. The lowest BCUT2D eigenvalue weighted by Crippen LogP contribution is -2.64. The molecule has 2 unspecified atom stereocenters. The Morgan fingerprint density at radius 1 is 0.871 bits per heavy atom. The molecule has 4 aliphatic heterocycles. The van der Waals surface area contributed by atoms with Crippen molar-refractivity contribution in [1.82, 2.24) is 19.6 Å². The first-order valence-electron chi connectivity index (χ1n) is 12.8. The molecule has 0 aromatic rings. The monoisotopic (exact) mass is 436 g/mol. The van der Waals surface area contributed by atoms with E-state index in [1.165, 1.54) is 25.8 Å². The summed E-state index contributed by atoms with van der Waals surface area (Å²) in [6.45, 7) is 19.4. The van der Waals surface area contributed by atoms with E-state index < -0.39 is 0 Å².